The second-order valence-corrected chi connectivity index (χ2v) is 8.26. The molecule has 2 atom stereocenters. The Bertz CT molecular complexity index is 508. The highest BCUT2D eigenvalue weighted by molar-refractivity contribution is 9.11. The van der Waals surface area contributed by atoms with Gasteiger partial charge in [0.15, 0.2) is 0 Å². The molecule has 108 valence electrons. The highest BCUT2D eigenvalue weighted by atomic mass is 79.9. The summed E-state index contributed by atoms with van der Waals surface area (Å²) < 4.78 is 1.11. The summed E-state index contributed by atoms with van der Waals surface area (Å²) in [6, 6.07) is 4.56. The summed E-state index contributed by atoms with van der Waals surface area (Å²) in [6.45, 7) is 0.943. The van der Waals surface area contributed by atoms with Gasteiger partial charge >= 0.3 is 0 Å². The molecule has 2 unspecified atom stereocenters. The van der Waals surface area contributed by atoms with Crippen LogP contribution >= 0.6 is 27.3 Å². The predicted octanol–water partition coefficient (Wildman–Crippen LogP) is 4.71. The van der Waals surface area contributed by atoms with E-state index in [1.54, 1.807) is 17.4 Å². The summed E-state index contributed by atoms with van der Waals surface area (Å²) in [5.74, 6) is 0.955. The summed E-state index contributed by atoms with van der Waals surface area (Å²) in [5.41, 5.74) is 0. The molecule has 2 heterocycles. The predicted molar refractivity (Wildman–Crippen MR) is 87.7 cm³/mol. The van der Waals surface area contributed by atoms with Gasteiger partial charge in [0.05, 0.1) is 3.79 Å². The SMILES string of the molecule is O=C(C=Cc1ccc(Br)s1)N1CCCC2CCCCC21. The van der Waals surface area contributed by atoms with E-state index < -0.39 is 0 Å². The van der Waals surface area contributed by atoms with Crippen molar-refractivity contribution < 1.29 is 4.79 Å². The Hall–Kier alpha value is -0.610. The number of rotatable bonds is 2. The molecule has 0 bridgehead atoms. The minimum atomic E-state index is 0.200. The molecule has 1 aliphatic heterocycles. The molecule has 1 amide bonds. The first kappa shape index (κ1) is 14.3. The van der Waals surface area contributed by atoms with E-state index in [1.807, 2.05) is 18.2 Å². The van der Waals surface area contributed by atoms with Crippen LogP contribution in [0.1, 0.15) is 43.4 Å². The van der Waals surface area contributed by atoms with E-state index in [2.05, 4.69) is 20.8 Å². The van der Waals surface area contributed by atoms with Crippen molar-refractivity contribution in [2.45, 2.75) is 44.6 Å². The summed E-state index contributed by atoms with van der Waals surface area (Å²) in [7, 11) is 0. The molecule has 2 aliphatic rings. The van der Waals surface area contributed by atoms with E-state index in [4.69, 9.17) is 0 Å². The first-order valence-electron chi connectivity index (χ1n) is 7.48. The van der Waals surface area contributed by atoms with E-state index in [0.717, 1.165) is 21.1 Å². The maximum atomic E-state index is 12.5. The van der Waals surface area contributed by atoms with Gasteiger partial charge in [0.2, 0.25) is 5.91 Å². The number of carbonyl (C=O) groups is 1. The van der Waals surface area contributed by atoms with Crippen LogP contribution in [0, 0.1) is 5.92 Å². The minimum Gasteiger partial charge on any atom is -0.336 e. The number of hydrogen-bond donors (Lipinski definition) is 0. The van der Waals surface area contributed by atoms with Gasteiger partial charge in [0, 0.05) is 23.5 Å². The molecule has 1 saturated carbocycles. The van der Waals surface area contributed by atoms with Gasteiger partial charge in [-0.25, -0.2) is 0 Å². The second-order valence-electron chi connectivity index (χ2n) is 5.76. The highest BCUT2D eigenvalue weighted by Crippen LogP contribution is 2.35. The average Bonchev–Trinajstić information content (AvgIpc) is 2.90. The van der Waals surface area contributed by atoms with Crippen molar-refractivity contribution in [1.29, 1.82) is 0 Å². The molecule has 4 heteroatoms. The van der Waals surface area contributed by atoms with Crippen LogP contribution < -0.4 is 0 Å². The molecular formula is C16H20BrNOS. The van der Waals surface area contributed by atoms with Gasteiger partial charge in [0.25, 0.3) is 0 Å². The number of thiophene rings is 1. The third-order valence-corrected chi connectivity index (χ3v) is 6.10. The number of amides is 1. The molecule has 0 spiro atoms. The topological polar surface area (TPSA) is 20.3 Å². The molecule has 0 radical (unpaired) electrons. The number of fused-ring (bicyclic) bond motifs is 1. The lowest BCUT2D eigenvalue weighted by Gasteiger charge is -2.43. The van der Waals surface area contributed by atoms with Gasteiger partial charge in [-0.2, -0.15) is 0 Å². The van der Waals surface area contributed by atoms with Crippen molar-refractivity contribution in [1.82, 2.24) is 4.90 Å². The molecule has 1 aromatic rings. The van der Waals surface area contributed by atoms with Crippen LogP contribution in [0.15, 0.2) is 22.0 Å². The summed E-state index contributed by atoms with van der Waals surface area (Å²) in [4.78, 5) is 15.7. The molecule has 2 fully saturated rings. The van der Waals surface area contributed by atoms with E-state index in [-0.39, 0.29) is 5.91 Å². The van der Waals surface area contributed by atoms with Crippen LogP contribution in [0.5, 0.6) is 0 Å². The van der Waals surface area contributed by atoms with Crippen LogP contribution in [0.2, 0.25) is 0 Å². The summed E-state index contributed by atoms with van der Waals surface area (Å²) in [5, 5.41) is 0. The number of nitrogens with zero attached hydrogens (tertiary/aromatic N) is 1. The molecule has 0 aromatic carbocycles. The Morgan fingerprint density at radius 2 is 2.05 bits per heavy atom. The van der Waals surface area contributed by atoms with E-state index in [0.29, 0.717) is 6.04 Å². The maximum Gasteiger partial charge on any atom is 0.246 e. The number of piperidine rings is 1. The van der Waals surface area contributed by atoms with Gasteiger partial charge in [-0.05, 0) is 65.7 Å². The molecule has 2 nitrogen and oxygen atoms in total. The number of carbonyl (C=O) groups excluding carboxylic acids is 1. The normalized spacial score (nSPS) is 26.8. The van der Waals surface area contributed by atoms with Crippen molar-refractivity contribution in [2.75, 3.05) is 6.54 Å². The fourth-order valence-electron chi connectivity index (χ4n) is 3.57. The zero-order chi connectivity index (χ0) is 13.9. The fourth-order valence-corrected chi connectivity index (χ4v) is 4.89. The zero-order valence-corrected chi connectivity index (χ0v) is 14.0. The maximum absolute atomic E-state index is 12.5. The number of halogens is 1. The molecular weight excluding hydrogens is 334 g/mol. The molecule has 1 saturated heterocycles. The van der Waals surface area contributed by atoms with Crippen molar-refractivity contribution in [3.63, 3.8) is 0 Å². The minimum absolute atomic E-state index is 0.200. The number of hydrogen-bond acceptors (Lipinski definition) is 2. The quantitative estimate of drug-likeness (QED) is 0.705. The van der Waals surface area contributed by atoms with Crippen molar-refractivity contribution in [3.05, 3.63) is 26.9 Å². The molecule has 3 rings (SSSR count). The van der Waals surface area contributed by atoms with Crippen LogP contribution in [-0.4, -0.2) is 23.4 Å². The largest absolute Gasteiger partial charge is 0.336 e. The lowest BCUT2D eigenvalue weighted by molar-refractivity contribution is -0.132. The lowest BCUT2D eigenvalue weighted by Crippen LogP contribution is -2.49. The zero-order valence-electron chi connectivity index (χ0n) is 11.6. The van der Waals surface area contributed by atoms with Crippen molar-refractivity contribution in [2.24, 2.45) is 5.92 Å². The monoisotopic (exact) mass is 353 g/mol. The third kappa shape index (κ3) is 3.17. The second kappa shape index (κ2) is 6.44. The van der Waals surface area contributed by atoms with Crippen molar-refractivity contribution >= 4 is 39.2 Å². The summed E-state index contributed by atoms with van der Waals surface area (Å²) >= 11 is 5.11. The van der Waals surface area contributed by atoms with Gasteiger partial charge in [0.1, 0.15) is 0 Å². The van der Waals surface area contributed by atoms with Crippen LogP contribution in [0.25, 0.3) is 6.08 Å². The number of likely N-dealkylation sites (tertiary alicyclic amines) is 1. The Morgan fingerprint density at radius 1 is 1.25 bits per heavy atom. The van der Waals surface area contributed by atoms with Gasteiger partial charge in [-0.3, -0.25) is 4.79 Å². The van der Waals surface area contributed by atoms with Gasteiger partial charge in [-0.1, -0.05) is 12.8 Å². The van der Waals surface area contributed by atoms with Crippen LogP contribution in [-0.2, 0) is 4.79 Å². The van der Waals surface area contributed by atoms with Crippen molar-refractivity contribution in [3.8, 4) is 0 Å². The van der Waals surface area contributed by atoms with Gasteiger partial charge < -0.3 is 4.90 Å². The third-order valence-electron chi connectivity index (χ3n) is 4.51. The smallest absolute Gasteiger partial charge is 0.246 e. The molecule has 1 aliphatic carbocycles. The lowest BCUT2D eigenvalue weighted by atomic mass is 9.78. The summed E-state index contributed by atoms with van der Waals surface area (Å²) in [6.07, 6.45) is 11.3. The standard InChI is InChI=1S/C16H20BrNOS/c17-15-9-7-13(20-15)8-10-16(19)18-11-3-5-12-4-1-2-6-14(12)18/h7-10,12,14H,1-6,11H2. The Kier molecular flexibility index (Phi) is 4.61. The van der Waals surface area contributed by atoms with E-state index >= 15 is 0 Å². The molecule has 1 aromatic heterocycles. The average molecular weight is 354 g/mol. The first-order valence-corrected chi connectivity index (χ1v) is 9.09. The Balaban J connectivity index is 1.67. The van der Waals surface area contributed by atoms with E-state index in [1.165, 1.54) is 38.5 Å². The van der Waals surface area contributed by atoms with Crippen LogP contribution in [0.3, 0.4) is 0 Å². The first-order chi connectivity index (χ1) is 9.74. The van der Waals surface area contributed by atoms with Gasteiger partial charge in [-0.15, -0.1) is 11.3 Å². The fraction of sp³-hybridized carbons (Fsp3) is 0.562. The Labute approximate surface area is 133 Å². The Morgan fingerprint density at radius 3 is 2.85 bits per heavy atom. The molecule has 0 N–H and O–H groups in total. The molecule has 20 heavy (non-hydrogen) atoms. The highest BCUT2D eigenvalue weighted by Gasteiger charge is 2.34. The van der Waals surface area contributed by atoms with Crippen LogP contribution in [0.4, 0.5) is 0 Å². The van der Waals surface area contributed by atoms with E-state index in [9.17, 15) is 4.79 Å².